The lowest BCUT2D eigenvalue weighted by Crippen LogP contribution is -1.92. The highest BCUT2D eigenvalue weighted by atomic mass is 32.2. The van der Waals surface area contributed by atoms with Gasteiger partial charge in [0.05, 0.1) is 0 Å². The first kappa shape index (κ1) is 11.7. The van der Waals surface area contributed by atoms with Crippen LogP contribution >= 0.6 is 11.8 Å². The Morgan fingerprint density at radius 1 is 1.17 bits per heavy atom. The van der Waals surface area contributed by atoms with Gasteiger partial charge in [-0.2, -0.15) is 0 Å². The molecule has 2 aromatic rings. The Balaban J connectivity index is 1.72. The Labute approximate surface area is 111 Å². The molecule has 1 aromatic carbocycles. The summed E-state index contributed by atoms with van der Waals surface area (Å²) >= 11 is 1.99. The van der Waals surface area contributed by atoms with E-state index in [0.717, 1.165) is 16.5 Å². The summed E-state index contributed by atoms with van der Waals surface area (Å²) in [4.78, 5) is 1.34. The maximum Gasteiger partial charge on any atom is 0.222 e. The van der Waals surface area contributed by atoms with E-state index in [0.29, 0.717) is 5.88 Å². The van der Waals surface area contributed by atoms with Gasteiger partial charge in [-0.1, -0.05) is 30.1 Å². The lowest BCUT2D eigenvalue weighted by atomic mass is 10.1. The van der Waals surface area contributed by atoms with Crippen molar-refractivity contribution in [3.8, 4) is 11.3 Å². The third kappa shape index (κ3) is 2.53. The van der Waals surface area contributed by atoms with Crippen molar-refractivity contribution in [2.24, 2.45) is 0 Å². The molecule has 0 bridgehead atoms. The van der Waals surface area contributed by atoms with E-state index in [4.69, 9.17) is 10.3 Å². The fraction of sp³-hybridized carbons (Fsp3) is 0.357. The Kier molecular flexibility index (Phi) is 3.28. The number of rotatable bonds is 3. The topological polar surface area (TPSA) is 52.0 Å². The van der Waals surface area contributed by atoms with E-state index < -0.39 is 0 Å². The van der Waals surface area contributed by atoms with Crippen LogP contribution in [-0.2, 0) is 0 Å². The van der Waals surface area contributed by atoms with Gasteiger partial charge in [-0.05, 0) is 25.0 Å². The Hall–Kier alpha value is -1.42. The number of benzene rings is 1. The predicted octanol–water partition coefficient (Wildman–Crippen LogP) is 3.96. The fourth-order valence-corrected chi connectivity index (χ4v) is 3.58. The molecule has 0 aliphatic heterocycles. The van der Waals surface area contributed by atoms with E-state index in [2.05, 4.69) is 29.4 Å². The largest absolute Gasteiger partial charge is 0.368 e. The van der Waals surface area contributed by atoms with Crippen molar-refractivity contribution in [3.63, 3.8) is 0 Å². The molecule has 0 spiro atoms. The van der Waals surface area contributed by atoms with Gasteiger partial charge in [0.2, 0.25) is 5.88 Å². The lowest BCUT2D eigenvalue weighted by molar-refractivity contribution is 0.439. The number of nitrogens with zero attached hydrogens (tertiary/aromatic N) is 1. The third-order valence-corrected chi connectivity index (χ3v) is 4.63. The van der Waals surface area contributed by atoms with Gasteiger partial charge in [-0.15, -0.1) is 11.8 Å². The van der Waals surface area contributed by atoms with Crippen LogP contribution in [-0.4, -0.2) is 10.4 Å². The Bertz CT molecular complexity index is 515. The smallest absolute Gasteiger partial charge is 0.222 e. The van der Waals surface area contributed by atoms with Crippen molar-refractivity contribution in [1.82, 2.24) is 5.16 Å². The van der Waals surface area contributed by atoms with Crippen LogP contribution in [0, 0.1) is 0 Å². The summed E-state index contributed by atoms with van der Waals surface area (Å²) in [7, 11) is 0. The highest BCUT2D eigenvalue weighted by Crippen LogP contribution is 2.35. The second-order valence-electron chi connectivity index (χ2n) is 4.66. The minimum absolute atomic E-state index is 0.356. The van der Waals surface area contributed by atoms with Gasteiger partial charge in [0.15, 0.2) is 0 Å². The molecule has 0 amide bonds. The van der Waals surface area contributed by atoms with Gasteiger partial charge in [0.1, 0.15) is 5.69 Å². The number of aromatic nitrogens is 1. The number of hydrogen-bond donors (Lipinski definition) is 1. The molecule has 0 radical (unpaired) electrons. The molecular formula is C14H16N2OS. The van der Waals surface area contributed by atoms with Crippen molar-refractivity contribution in [3.05, 3.63) is 30.3 Å². The van der Waals surface area contributed by atoms with Gasteiger partial charge in [-0.25, -0.2) is 0 Å². The molecule has 3 nitrogen and oxygen atoms in total. The highest BCUT2D eigenvalue weighted by Gasteiger charge is 2.16. The highest BCUT2D eigenvalue weighted by molar-refractivity contribution is 8.00. The van der Waals surface area contributed by atoms with E-state index in [1.165, 1.54) is 30.6 Å². The molecule has 1 aliphatic carbocycles. The van der Waals surface area contributed by atoms with Gasteiger partial charge in [-0.3, -0.25) is 0 Å². The first-order valence-electron chi connectivity index (χ1n) is 6.30. The van der Waals surface area contributed by atoms with E-state index >= 15 is 0 Å². The summed E-state index contributed by atoms with van der Waals surface area (Å²) in [5.74, 6) is 0.356. The molecule has 0 atom stereocenters. The molecule has 1 fully saturated rings. The van der Waals surface area contributed by atoms with Crippen LogP contribution in [0.15, 0.2) is 39.8 Å². The SMILES string of the molecule is Nc1cc(-c2ccc(SC3CCCC3)cc2)no1. The maximum atomic E-state index is 5.52. The molecule has 3 rings (SSSR count). The molecule has 1 aliphatic rings. The minimum Gasteiger partial charge on any atom is -0.368 e. The molecule has 0 unspecified atom stereocenters. The normalized spacial score (nSPS) is 16.2. The Morgan fingerprint density at radius 3 is 2.50 bits per heavy atom. The maximum absolute atomic E-state index is 5.52. The van der Waals surface area contributed by atoms with Crippen LogP contribution in [0.2, 0.25) is 0 Å². The van der Waals surface area contributed by atoms with Crippen LogP contribution in [0.1, 0.15) is 25.7 Å². The molecule has 4 heteroatoms. The van der Waals surface area contributed by atoms with Crippen LogP contribution in [0.4, 0.5) is 5.88 Å². The van der Waals surface area contributed by atoms with Crippen LogP contribution in [0.3, 0.4) is 0 Å². The van der Waals surface area contributed by atoms with Crippen molar-refractivity contribution in [1.29, 1.82) is 0 Å². The molecule has 0 saturated heterocycles. The average molecular weight is 260 g/mol. The van der Waals surface area contributed by atoms with Crippen LogP contribution in [0.25, 0.3) is 11.3 Å². The molecule has 2 N–H and O–H groups in total. The molecular weight excluding hydrogens is 244 g/mol. The summed E-state index contributed by atoms with van der Waals surface area (Å²) < 4.78 is 4.88. The second-order valence-corrected chi connectivity index (χ2v) is 6.04. The van der Waals surface area contributed by atoms with Crippen LogP contribution in [0.5, 0.6) is 0 Å². The monoisotopic (exact) mass is 260 g/mol. The van der Waals surface area contributed by atoms with Gasteiger partial charge in [0.25, 0.3) is 0 Å². The van der Waals surface area contributed by atoms with Gasteiger partial charge >= 0.3 is 0 Å². The zero-order chi connectivity index (χ0) is 12.4. The number of nitrogen functional groups attached to an aromatic ring is 1. The van der Waals surface area contributed by atoms with Crippen molar-refractivity contribution < 1.29 is 4.52 Å². The molecule has 1 saturated carbocycles. The quantitative estimate of drug-likeness (QED) is 0.907. The number of hydrogen-bond acceptors (Lipinski definition) is 4. The molecule has 1 heterocycles. The summed E-state index contributed by atoms with van der Waals surface area (Å²) in [6.07, 6.45) is 5.47. The third-order valence-electron chi connectivity index (χ3n) is 3.28. The first-order valence-corrected chi connectivity index (χ1v) is 7.18. The van der Waals surface area contributed by atoms with Crippen molar-refractivity contribution >= 4 is 17.6 Å². The number of nitrogens with two attached hydrogens (primary N) is 1. The Morgan fingerprint density at radius 2 is 1.89 bits per heavy atom. The van der Waals surface area contributed by atoms with Crippen molar-refractivity contribution in [2.75, 3.05) is 5.73 Å². The summed E-state index contributed by atoms with van der Waals surface area (Å²) in [6.45, 7) is 0. The summed E-state index contributed by atoms with van der Waals surface area (Å²) in [5.41, 5.74) is 7.37. The molecule has 94 valence electrons. The van der Waals surface area contributed by atoms with E-state index in [1.54, 1.807) is 6.07 Å². The standard InChI is InChI=1S/C14H16N2OS/c15-14-9-13(16-17-14)10-5-7-12(8-6-10)18-11-3-1-2-4-11/h5-9,11H,1-4,15H2. The molecule has 18 heavy (non-hydrogen) atoms. The predicted molar refractivity (Wildman–Crippen MR) is 74.5 cm³/mol. The summed E-state index contributed by atoms with van der Waals surface area (Å²) in [6, 6.07) is 10.2. The van der Waals surface area contributed by atoms with Crippen LogP contribution < -0.4 is 5.73 Å². The van der Waals surface area contributed by atoms with E-state index in [1.807, 2.05) is 11.8 Å². The van der Waals surface area contributed by atoms with Crippen molar-refractivity contribution in [2.45, 2.75) is 35.8 Å². The first-order chi connectivity index (χ1) is 8.81. The average Bonchev–Trinajstić information content (AvgIpc) is 3.02. The summed E-state index contributed by atoms with van der Waals surface area (Å²) in [5, 5.41) is 4.72. The zero-order valence-corrected chi connectivity index (χ0v) is 11.0. The lowest BCUT2D eigenvalue weighted by Gasteiger charge is -2.08. The van der Waals surface area contributed by atoms with Gasteiger partial charge in [0, 0.05) is 21.8 Å². The number of thioether (sulfide) groups is 1. The molecule has 1 aromatic heterocycles. The zero-order valence-electron chi connectivity index (χ0n) is 10.1. The minimum atomic E-state index is 0.356. The van der Waals surface area contributed by atoms with E-state index in [9.17, 15) is 0 Å². The van der Waals surface area contributed by atoms with E-state index in [-0.39, 0.29) is 0 Å². The fourth-order valence-electron chi connectivity index (χ4n) is 2.33. The van der Waals surface area contributed by atoms with Gasteiger partial charge < -0.3 is 10.3 Å². The second kappa shape index (κ2) is 5.06. The number of anilines is 1.